The van der Waals surface area contributed by atoms with Crippen LogP contribution >= 0.6 is 11.6 Å². The van der Waals surface area contributed by atoms with E-state index in [9.17, 15) is 23.1 Å². The molecule has 0 radical (unpaired) electrons. The quantitative estimate of drug-likeness (QED) is 0.285. The fourth-order valence-electron chi connectivity index (χ4n) is 4.11. The first-order chi connectivity index (χ1) is 19.1. The van der Waals surface area contributed by atoms with Gasteiger partial charge < -0.3 is 25.2 Å². The van der Waals surface area contributed by atoms with Crippen molar-refractivity contribution in [2.75, 3.05) is 19.0 Å². The number of halogens is 4. The summed E-state index contributed by atoms with van der Waals surface area (Å²) in [6, 6.07) is 5.08. The van der Waals surface area contributed by atoms with Gasteiger partial charge in [-0.1, -0.05) is 11.6 Å². The summed E-state index contributed by atoms with van der Waals surface area (Å²) >= 11 is 6.12. The zero-order valence-corrected chi connectivity index (χ0v) is 21.5. The molecule has 40 heavy (non-hydrogen) atoms. The predicted octanol–water partition coefficient (Wildman–Crippen LogP) is 2.88. The number of imidazole rings is 1. The zero-order chi connectivity index (χ0) is 28.4. The lowest BCUT2D eigenvalue weighted by atomic mass is 10.2. The van der Waals surface area contributed by atoms with Crippen LogP contribution < -0.4 is 15.4 Å². The number of pyridine rings is 2. The number of hydrogen-bond acceptors (Lipinski definition) is 10. The second kappa shape index (κ2) is 11.2. The van der Waals surface area contributed by atoms with Gasteiger partial charge in [0.15, 0.2) is 29.0 Å². The molecule has 12 nitrogen and oxygen atoms in total. The summed E-state index contributed by atoms with van der Waals surface area (Å²) in [5, 5.41) is 16.0. The molecular weight excluding hydrogens is 557 g/mol. The third-order valence-corrected chi connectivity index (χ3v) is 6.17. The number of anilines is 1. The third kappa shape index (κ3) is 6.05. The summed E-state index contributed by atoms with van der Waals surface area (Å²) in [4.78, 5) is 34.2. The summed E-state index contributed by atoms with van der Waals surface area (Å²) in [7, 11) is 1.54. The number of ether oxygens (including phenoxy) is 2. The Kier molecular flexibility index (Phi) is 7.69. The Labute approximate surface area is 229 Å². The molecule has 0 bridgehead atoms. The van der Waals surface area contributed by atoms with Crippen molar-refractivity contribution in [3.63, 3.8) is 0 Å². The molecule has 0 saturated carbocycles. The molecule has 1 aliphatic heterocycles. The molecule has 1 fully saturated rings. The Hall–Kier alpha value is -4.08. The van der Waals surface area contributed by atoms with Gasteiger partial charge >= 0.3 is 6.18 Å². The minimum atomic E-state index is -4.58. The standard InChI is InChI=1S/C24H22ClF3N8O4/c1-39-15-2-3-30-14(5-15)9-31-20-18-21(35-19(34-20)12-4-13(25)8-29-7-12)36(11-33-18)23-16(37)6-17(40-23)22(38)32-10-24(26,27)28/h2-5,7-8,11,16-17,23,37H,6,9-10H2,1H3,(H,32,38)(H,31,34,35)/t16-,17+,23-/m1/s1. The average Bonchev–Trinajstić information content (AvgIpc) is 3.53. The minimum absolute atomic E-state index is 0.220. The first-order valence-corrected chi connectivity index (χ1v) is 12.3. The van der Waals surface area contributed by atoms with E-state index in [0.717, 1.165) is 0 Å². The molecule has 4 aromatic rings. The highest BCUT2D eigenvalue weighted by atomic mass is 35.5. The molecule has 210 valence electrons. The van der Waals surface area contributed by atoms with Crippen LogP contribution in [-0.4, -0.2) is 72.5 Å². The number of hydrogen-bond donors (Lipinski definition) is 3. The number of carbonyl (C=O) groups excluding carboxylic acids is 1. The molecule has 3 atom stereocenters. The first-order valence-electron chi connectivity index (χ1n) is 11.9. The maximum atomic E-state index is 12.5. The van der Waals surface area contributed by atoms with Crippen LogP contribution in [0.4, 0.5) is 19.0 Å². The van der Waals surface area contributed by atoms with Gasteiger partial charge in [-0.15, -0.1) is 0 Å². The number of rotatable bonds is 8. The van der Waals surface area contributed by atoms with E-state index in [2.05, 4.69) is 30.2 Å². The number of aliphatic hydroxyl groups excluding tert-OH is 1. The summed E-state index contributed by atoms with van der Waals surface area (Å²) < 4.78 is 49.9. The zero-order valence-electron chi connectivity index (χ0n) is 20.8. The topological polar surface area (TPSA) is 149 Å². The molecule has 0 aliphatic carbocycles. The number of fused-ring (bicyclic) bond motifs is 1. The maximum absolute atomic E-state index is 12.5. The van der Waals surface area contributed by atoms with Crippen LogP contribution in [-0.2, 0) is 16.1 Å². The highest BCUT2D eigenvalue weighted by molar-refractivity contribution is 6.30. The number of methoxy groups -OCH3 is 1. The third-order valence-electron chi connectivity index (χ3n) is 5.96. The second-order valence-electron chi connectivity index (χ2n) is 8.80. The predicted molar refractivity (Wildman–Crippen MR) is 135 cm³/mol. The van der Waals surface area contributed by atoms with Crippen molar-refractivity contribution in [3.05, 3.63) is 53.8 Å². The molecule has 0 aromatic carbocycles. The summed E-state index contributed by atoms with van der Waals surface area (Å²) in [6.07, 6.45) is -2.59. The van der Waals surface area contributed by atoms with Gasteiger partial charge in [0.2, 0.25) is 5.91 Å². The molecule has 5 rings (SSSR count). The largest absolute Gasteiger partial charge is 0.497 e. The van der Waals surface area contributed by atoms with Crippen LogP contribution in [0.15, 0.2) is 43.1 Å². The van der Waals surface area contributed by atoms with E-state index in [0.29, 0.717) is 33.4 Å². The molecule has 1 saturated heterocycles. The van der Waals surface area contributed by atoms with E-state index in [1.165, 1.54) is 23.3 Å². The Morgan fingerprint density at radius 2 is 2.10 bits per heavy atom. The molecule has 3 N–H and O–H groups in total. The van der Waals surface area contributed by atoms with Gasteiger partial charge in [0.1, 0.15) is 24.5 Å². The average molecular weight is 579 g/mol. The SMILES string of the molecule is COc1ccnc(CNc2nc(-c3cncc(Cl)c3)nc3c2ncn3[C@@H]2O[C@H](C(=O)NCC(F)(F)F)C[C@H]2O)c1. The van der Waals surface area contributed by atoms with Crippen LogP contribution in [0.5, 0.6) is 5.75 Å². The van der Waals surface area contributed by atoms with E-state index in [1.807, 2.05) is 0 Å². The van der Waals surface area contributed by atoms with Gasteiger partial charge in [-0.2, -0.15) is 13.2 Å². The first kappa shape index (κ1) is 27.5. The molecule has 1 aliphatic rings. The van der Waals surface area contributed by atoms with E-state index >= 15 is 0 Å². The van der Waals surface area contributed by atoms with Crippen LogP contribution in [0.3, 0.4) is 0 Å². The van der Waals surface area contributed by atoms with Crippen LogP contribution in [0.1, 0.15) is 18.3 Å². The van der Waals surface area contributed by atoms with Gasteiger partial charge in [-0.25, -0.2) is 15.0 Å². The molecule has 0 spiro atoms. The lowest BCUT2D eigenvalue weighted by Crippen LogP contribution is -2.40. The summed E-state index contributed by atoms with van der Waals surface area (Å²) in [5.41, 5.74) is 1.68. The molecular formula is C24H22ClF3N8O4. The Morgan fingerprint density at radius 3 is 2.85 bits per heavy atom. The van der Waals surface area contributed by atoms with Crippen molar-refractivity contribution < 1.29 is 32.5 Å². The van der Waals surface area contributed by atoms with Crippen LogP contribution in [0.25, 0.3) is 22.6 Å². The van der Waals surface area contributed by atoms with E-state index < -0.39 is 37.1 Å². The van der Waals surface area contributed by atoms with Gasteiger partial charge in [0.25, 0.3) is 0 Å². The Morgan fingerprint density at radius 1 is 1.27 bits per heavy atom. The number of carbonyl (C=O) groups is 1. The van der Waals surface area contributed by atoms with Crippen molar-refractivity contribution in [3.8, 4) is 17.1 Å². The van der Waals surface area contributed by atoms with Gasteiger partial charge in [-0.3, -0.25) is 19.3 Å². The second-order valence-corrected chi connectivity index (χ2v) is 9.24. The summed E-state index contributed by atoms with van der Waals surface area (Å²) in [6.45, 7) is -1.27. The number of aliphatic hydroxyl groups is 1. The van der Waals surface area contributed by atoms with Crippen LogP contribution in [0, 0.1) is 0 Å². The number of nitrogens with zero attached hydrogens (tertiary/aromatic N) is 6. The van der Waals surface area contributed by atoms with Crippen molar-refractivity contribution in [2.45, 2.75) is 37.6 Å². The fourth-order valence-corrected chi connectivity index (χ4v) is 4.29. The smallest absolute Gasteiger partial charge is 0.405 e. The van der Waals surface area contributed by atoms with Crippen LogP contribution in [0.2, 0.25) is 5.02 Å². The van der Waals surface area contributed by atoms with E-state index in [1.54, 1.807) is 36.8 Å². The molecule has 1 amide bonds. The number of amides is 1. The minimum Gasteiger partial charge on any atom is -0.497 e. The van der Waals surface area contributed by atoms with Gasteiger partial charge in [0.05, 0.1) is 30.7 Å². The lowest BCUT2D eigenvalue weighted by Gasteiger charge is -2.17. The van der Waals surface area contributed by atoms with Gasteiger partial charge in [-0.05, 0) is 12.1 Å². The number of nitrogens with one attached hydrogen (secondary N) is 2. The van der Waals surface area contributed by atoms with Crippen molar-refractivity contribution in [1.29, 1.82) is 0 Å². The number of alkyl halides is 3. The summed E-state index contributed by atoms with van der Waals surface area (Å²) in [5.74, 6) is 0.167. The maximum Gasteiger partial charge on any atom is 0.405 e. The highest BCUT2D eigenvalue weighted by Gasteiger charge is 2.41. The normalized spacial score (nSPS) is 19.1. The van der Waals surface area contributed by atoms with Crippen molar-refractivity contribution >= 4 is 34.5 Å². The highest BCUT2D eigenvalue weighted by Crippen LogP contribution is 2.33. The molecule has 4 aromatic heterocycles. The fraction of sp³-hybridized carbons (Fsp3) is 0.333. The lowest BCUT2D eigenvalue weighted by molar-refractivity contribution is -0.146. The Balaban J connectivity index is 1.48. The monoisotopic (exact) mass is 578 g/mol. The number of aromatic nitrogens is 6. The Bertz CT molecular complexity index is 1540. The van der Waals surface area contributed by atoms with Gasteiger partial charge in [0, 0.05) is 36.6 Å². The van der Waals surface area contributed by atoms with E-state index in [-0.39, 0.29) is 24.4 Å². The molecule has 16 heteroatoms. The van der Waals surface area contributed by atoms with Crippen molar-refractivity contribution in [1.82, 2.24) is 34.8 Å². The molecule has 0 unspecified atom stereocenters. The van der Waals surface area contributed by atoms with E-state index in [4.69, 9.17) is 21.1 Å². The van der Waals surface area contributed by atoms with Crippen molar-refractivity contribution in [2.24, 2.45) is 0 Å². The molecule has 5 heterocycles.